The lowest BCUT2D eigenvalue weighted by Crippen LogP contribution is -2.13. The molecule has 2 aromatic carbocycles. The van der Waals surface area contributed by atoms with E-state index in [1.165, 1.54) is 0 Å². The topological polar surface area (TPSA) is 46.2 Å². The van der Waals surface area contributed by atoms with Gasteiger partial charge in [0.1, 0.15) is 13.2 Å². The van der Waals surface area contributed by atoms with Gasteiger partial charge in [0.15, 0.2) is 11.5 Å². The molecule has 2 rings (SSSR count). The molecule has 0 fully saturated rings. The first-order chi connectivity index (χ1) is 18.4. The van der Waals surface area contributed by atoms with Crippen molar-refractivity contribution in [3.8, 4) is 11.5 Å². The highest BCUT2D eigenvalue weighted by atomic mass is 19.2. The first-order valence-corrected chi connectivity index (χ1v) is 10.9. The van der Waals surface area contributed by atoms with Gasteiger partial charge in [-0.05, 0) is 0 Å². The van der Waals surface area contributed by atoms with E-state index in [2.05, 4.69) is 22.6 Å². The molecule has 0 atom stereocenters. The largest absolute Gasteiger partial charge is 0.485 e. The third-order valence-corrected chi connectivity index (χ3v) is 4.63. The normalized spacial score (nSPS) is 11.0. The van der Waals surface area contributed by atoms with Gasteiger partial charge in [0.25, 0.3) is 0 Å². The summed E-state index contributed by atoms with van der Waals surface area (Å²) in [6, 6.07) is 0. The second kappa shape index (κ2) is 14.6. The molecule has 0 spiro atoms. The molecule has 0 aliphatic carbocycles. The van der Waals surface area contributed by atoms with E-state index < -0.39 is 82.9 Å². The highest BCUT2D eigenvalue weighted by Gasteiger charge is 2.28. The maximum absolute atomic E-state index is 13.5. The van der Waals surface area contributed by atoms with Crippen LogP contribution in [0.3, 0.4) is 0 Å². The van der Waals surface area contributed by atoms with Crippen LogP contribution >= 0.6 is 0 Å². The van der Waals surface area contributed by atoms with Crippen LogP contribution in [-0.2, 0) is 14.2 Å². The molecule has 0 aliphatic heterocycles. The number of rotatable bonds is 16. The standard InChI is InChI=1S/C24H20F10O5/c1-11(3-5-35-7-9-37-23-19(31)15(27)13(25)16(28)20(23)32)39-12(2)4-6-36-8-10-38-24-21(33)17(29)14(26)18(30)22(24)34/h1-10H2. The van der Waals surface area contributed by atoms with Crippen LogP contribution in [0.25, 0.3) is 0 Å². The molecule has 39 heavy (non-hydrogen) atoms. The molecule has 5 nitrogen and oxygen atoms in total. The van der Waals surface area contributed by atoms with Crippen molar-refractivity contribution in [2.45, 2.75) is 12.8 Å². The minimum atomic E-state index is -2.31. The predicted molar refractivity (Wildman–Crippen MR) is 114 cm³/mol. The van der Waals surface area contributed by atoms with Crippen molar-refractivity contribution >= 4 is 0 Å². The van der Waals surface area contributed by atoms with Gasteiger partial charge >= 0.3 is 0 Å². The molecule has 216 valence electrons. The minimum Gasteiger partial charge on any atom is -0.485 e. The Morgan fingerprint density at radius 2 is 0.692 bits per heavy atom. The van der Waals surface area contributed by atoms with E-state index >= 15 is 0 Å². The van der Waals surface area contributed by atoms with E-state index in [-0.39, 0.29) is 50.8 Å². The molecular formula is C24H20F10O5. The Hall–Kier alpha value is -3.46. The maximum atomic E-state index is 13.5. The summed E-state index contributed by atoms with van der Waals surface area (Å²) in [6.07, 6.45) is 0.246. The number of halogens is 10. The smallest absolute Gasteiger partial charge is 0.206 e. The van der Waals surface area contributed by atoms with E-state index in [9.17, 15) is 43.9 Å². The van der Waals surface area contributed by atoms with Gasteiger partial charge in [-0.15, -0.1) is 0 Å². The van der Waals surface area contributed by atoms with Crippen LogP contribution < -0.4 is 9.47 Å². The lowest BCUT2D eigenvalue weighted by Gasteiger charge is -2.13. The summed E-state index contributed by atoms with van der Waals surface area (Å²) in [4.78, 5) is 0. The first-order valence-electron chi connectivity index (χ1n) is 10.9. The molecule has 0 aromatic heterocycles. The van der Waals surface area contributed by atoms with Crippen LogP contribution in [0.5, 0.6) is 11.5 Å². The molecule has 15 heteroatoms. The molecule has 0 heterocycles. The molecule has 0 saturated heterocycles. The second-order valence-electron chi connectivity index (χ2n) is 7.40. The quantitative estimate of drug-likeness (QED) is 0.0760. The Bertz CT molecular complexity index is 1060. The van der Waals surface area contributed by atoms with Gasteiger partial charge in [-0.2, -0.15) is 17.6 Å². The van der Waals surface area contributed by atoms with Crippen LogP contribution in [-0.4, -0.2) is 39.6 Å². The number of ether oxygens (including phenoxy) is 5. The average molecular weight is 578 g/mol. The monoisotopic (exact) mass is 578 g/mol. The van der Waals surface area contributed by atoms with Crippen LogP contribution in [0.2, 0.25) is 0 Å². The van der Waals surface area contributed by atoms with E-state index in [0.29, 0.717) is 0 Å². The van der Waals surface area contributed by atoms with Crippen molar-refractivity contribution in [1.82, 2.24) is 0 Å². The summed E-state index contributed by atoms with van der Waals surface area (Å²) < 4.78 is 157. The van der Waals surface area contributed by atoms with Crippen molar-refractivity contribution in [2.24, 2.45) is 0 Å². The fourth-order valence-corrected chi connectivity index (χ4v) is 2.71. The summed E-state index contributed by atoms with van der Waals surface area (Å²) in [7, 11) is 0. The maximum Gasteiger partial charge on any atom is 0.206 e. The van der Waals surface area contributed by atoms with Crippen LogP contribution in [0.1, 0.15) is 12.8 Å². The molecule has 0 radical (unpaired) electrons. The SMILES string of the molecule is C=C(CCOCCOc1c(F)c(F)c(F)c(F)c1F)OC(=C)CCOCCOc1c(F)c(F)c(F)c(F)c1F. The summed E-state index contributed by atoms with van der Waals surface area (Å²) in [6.45, 7) is 5.60. The summed E-state index contributed by atoms with van der Waals surface area (Å²) in [5, 5.41) is 0. The number of hydrogen-bond acceptors (Lipinski definition) is 5. The molecule has 0 saturated carbocycles. The summed E-state index contributed by atoms with van der Waals surface area (Å²) in [5.41, 5.74) is 0. The van der Waals surface area contributed by atoms with Gasteiger partial charge in [0.2, 0.25) is 58.2 Å². The van der Waals surface area contributed by atoms with E-state index in [1.807, 2.05) is 0 Å². The fourth-order valence-electron chi connectivity index (χ4n) is 2.71. The Morgan fingerprint density at radius 1 is 0.410 bits per heavy atom. The van der Waals surface area contributed by atoms with Crippen molar-refractivity contribution in [3.05, 3.63) is 82.8 Å². The first kappa shape index (κ1) is 31.8. The molecule has 0 amide bonds. The van der Waals surface area contributed by atoms with Crippen molar-refractivity contribution in [2.75, 3.05) is 39.6 Å². The van der Waals surface area contributed by atoms with Gasteiger partial charge in [0, 0.05) is 12.8 Å². The highest BCUT2D eigenvalue weighted by Crippen LogP contribution is 2.30. The Labute approximate surface area is 215 Å². The zero-order chi connectivity index (χ0) is 29.3. The fraction of sp³-hybridized carbons (Fsp3) is 0.333. The minimum absolute atomic E-state index is 0.0158. The lowest BCUT2D eigenvalue weighted by molar-refractivity contribution is 0.0844. The Kier molecular flexibility index (Phi) is 11.9. The molecule has 0 bridgehead atoms. The third kappa shape index (κ3) is 8.26. The van der Waals surface area contributed by atoms with Gasteiger partial charge in [-0.3, -0.25) is 0 Å². The molecule has 0 unspecified atom stereocenters. The highest BCUT2D eigenvalue weighted by molar-refractivity contribution is 5.30. The molecule has 0 N–H and O–H groups in total. The zero-order valence-corrected chi connectivity index (χ0v) is 19.9. The van der Waals surface area contributed by atoms with Crippen molar-refractivity contribution in [1.29, 1.82) is 0 Å². The van der Waals surface area contributed by atoms with Crippen molar-refractivity contribution < 1.29 is 67.6 Å². The summed E-state index contributed by atoms with van der Waals surface area (Å²) in [5.74, 6) is -24.1. The van der Waals surface area contributed by atoms with E-state index in [4.69, 9.17) is 14.2 Å². The predicted octanol–water partition coefficient (Wildman–Crippen LogP) is 6.39. The van der Waals surface area contributed by atoms with E-state index in [0.717, 1.165) is 0 Å². The number of benzene rings is 2. The summed E-state index contributed by atoms with van der Waals surface area (Å²) >= 11 is 0. The van der Waals surface area contributed by atoms with Crippen LogP contribution in [0, 0.1) is 58.2 Å². The van der Waals surface area contributed by atoms with Gasteiger partial charge < -0.3 is 23.7 Å². The third-order valence-electron chi connectivity index (χ3n) is 4.63. The second-order valence-corrected chi connectivity index (χ2v) is 7.40. The van der Waals surface area contributed by atoms with E-state index in [1.54, 1.807) is 0 Å². The molecule has 0 aliphatic rings. The van der Waals surface area contributed by atoms with Crippen LogP contribution in [0.15, 0.2) is 24.7 Å². The van der Waals surface area contributed by atoms with Gasteiger partial charge in [-0.1, -0.05) is 13.2 Å². The average Bonchev–Trinajstić information content (AvgIpc) is 2.91. The van der Waals surface area contributed by atoms with Crippen LogP contribution in [0.4, 0.5) is 43.9 Å². The molecular weight excluding hydrogens is 558 g/mol. The number of hydrogen-bond donors (Lipinski definition) is 0. The Balaban J connectivity index is 1.58. The molecule has 2 aromatic rings. The Morgan fingerprint density at radius 3 is 1.00 bits per heavy atom. The van der Waals surface area contributed by atoms with Gasteiger partial charge in [0.05, 0.1) is 37.9 Å². The lowest BCUT2D eigenvalue weighted by atomic mass is 10.2. The zero-order valence-electron chi connectivity index (χ0n) is 19.9. The van der Waals surface area contributed by atoms with Gasteiger partial charge in [-0.25, -0.2) is 26.3 Å². The van der Waals surface area contributed by atoms with Crippen molar-refractivity contribution in [3.63, 3.8) is 0 Å².